The maximum atomic E-state index is 12.7. The average Bonchev–Trinajstić information content (AvgIpc) is 2.57. The number of halogens is 1. The molecule has 0 N–H and O–H groups in total. The highest BCUT2D eigenvalue weighted by molar-refractivity contribution is 6.07. The van der Waals surface area contributed by atoms with Crippen LogP contribution in [-0.2, 0) is 0 Å². The number of pyridine rings is 1. The molecule has 0 amide bonds. The molecule has 16 heavy (non-hydrogen) atoms. The predicted molar refractivity (Wildman–Crippen MR) is 59.7 cm³/mol. The SMILES string of the molecule is O=C(C1=CCCCCC1)c1ccc(F)cn1. The van der Waals surface area contributed by atoms with Crippen molar-refractivity contribution in [3.8, 4) is 0 Å². The van der Waals surface area contributed by atoms with Crippen LogP contribution in [0, 0.1) is 5.82 Å². The third-order valence-electron chi connectivity index (χ3n) is 2.79. The summed E-state index contributed by atoms with van der Waals surface area (Å²) in [6.07, 6.45) is 8.24. The summed E-state index contributed by atoms with van der Waals surface area (Å²) in [5.41, 5.74) is 1.17. The van der Waals surface area contributed by atoms with Crippen molar-refractivity contribution in [3.05, 3.63) is 41.5 Å². The van der Waals surface area contributed by atoms with Crippen molar-refractivity contribution in [2.75, 3.05) is 0 Å². The number of hydrogen-bond donors (Lipinski definition) is 0. The van der Waals surface area contributed by atoms with Crippen molar-refractivity contribution in [3.63, 3.8) is 0 Å². The molecule has 1 aliphatic carbocycles. The molecule has 0 saturated carbocycles. The van der Waals surface area contributed by atoms with E-state index in [2.05, 4.69) is 4.98 Å². The van der Waals surface area contributed by atoms with Crippen molar-refractivity contribution < 1.29 is 9.18 Å². The fourth-order valence-electron chi connectivity index (χ4n) is 1.90. The fraction of sp³-hybridized carbons (Fsp3) is 0.385. The zero-order valence-corrected chi connectivity index (χ0v) is 9.08. The Morgan fingerprint density at radius 3 is 2.88 bits per heavy atom. The van der Waals surface area contributed by atoms with Gasteiger partial charge in [0.05, 0.1) is 6.20 Å². The lowest BCUT2D eigenvalue weighted by Gasteiger charge is -2.03. The van der Waals surface area contributed by atoms with Crippen LogP contribution in [0.3, 0.4) is 0 Å². The van der Waals surface area contributed by atoms with Crippen LogP contribution in [0.1, 0.15) is 42.6 Å². The summed E-state index contributed by atoms with van der Waals surface area (Å²) < 4.78 is 12.7. The quantitative estimate of drug-likeness (QED) is 0.714. The van der Waals surface area contributed by atoms with Crippen molar-refractivity contribution in [1.29, 1.82) is 0 Å². The van der Waals surface area contributed by atoms with E-state index in [0.29, 0.717) is 5.69 Å². The molecule has 0 aliphatic heterocycles. The van der Waals surface area contributed by atoms with E-state index in [-0.39, 0.29) is 5.78 Å². The molecule has 0 atom stereocenters. The number of nitrogens with zero attached hydrogens (tertiary/aromatic N) is 1. The molecule has 1 aromatic rings. The molecule has 0 aromatic carbocycles. The number of rotatable bonds is 2. The van der Waals surface area contributed by atoms with Gasteiger partial charge in [-0.3, -0.25) is 4.79 Å². The summed E-state index contributed by atoms with van der Waals surface area (Å²) >= 11 is 0. The van der Waals surface area contributed by atoms with E-state index < -0.39 is 5.82 Å². The largest absolute Gasteiger partial charge is 0.287 e. The van der Waals surface area contributed by atoms with Crippen LogP contribution < -0.4 is 0 Å². The second-order valence-corrected chi connectivity index (χ2v) is 4.02. The molecule has 0 spiro atoms. The lowest BCUT2D eigenvalue weighted by atomic mass is 10.0. The Morgan fingerprint density at radius 2 is 2.12 bits per heavy atom. The highest BCUT2D eigenvalue weighted by atomic mass is 19.1. The summed E-state index contributed by atoms with van der Waals surface area (Å²) in [4.78, 5) is 15.8. The first kappa shape index (κ1) is 11.0. The normalized spacial score (nSPS) is 16.4. The molecule has 0 bridgehead atoms. The van der Waals surface area contributed by atoms with Gasteiger partial charge >= 0.3 is 0 Å². The molecular weight excluding hydrogens is 205 g/mol. The first-order valence-electron chi connectivity index (χ1n) is 5.62. The smallest absolute Gasteiger partial charge is 0.207 e. The number of ketones is 1. The van der Waals surface area contributed by atoms with Crippen LogP contribution in [-0.4, -0.2) is 10.8 Å². The summed E-state index contributed by atoms with van der Waals surface area (Å²) in [7, 11) is 0. The third kappa shape index (κ3) is 2.54. The molecule has 0 unspecified atom stereocenters. The van der Waals surface area contributed by atoms with E-state index in [4.69, 9.17) is 0 Å². The van der Waals surface area contributed by atoms with E-state index in [9.17, 15) is 9.18 Å². The Hall–Kier alpha value is -1.51. The number of Topliss-reactive ketones (excluding diaryl/α,β-unsaturated/α-hetero) is 1. The van der Waals surface area contributed by atoms with Gasteiger partial charge in [-0.1, -0.05) is 12.5 Å². The standard InChI is InChI=1S/C13H14FNO/c14-11-7-8-12(15-9-11)13(16)10-5-3-1-2-4-6-10/h5,7-9H,1-4,6H2. The Kier molecular flexibility index (Phi) is 3.44. The van der Waals surface area contributed by atoms with Gasteiger partial charge in [0.25, 0.3) is 0 Å². The minimum atomic E-state index is -0.411. The number of carbonyl (C=O) groups is 1. The molecule has 1 aliphatic rings. The van der Waals surface area contributed by atoms with Gasteiger partial charge in [0, 0.05) is 0 Å². The number of hydrogen-bond acceptors (Lipinski definition) is 2. The van der Waals surface area contributed by atoms with Crippen molar-refractivity contribution in [2.24, 2.45) is 0 Å². The highest BCUT2D eigenvalue weighted by Crippen LogP contribution is 2.20. The molecule has 2 rings (SSSR count). The minimum absolute atomic E-state index is 0.0538. The third-order valence-corrected chi connectivity index (χ3v) is 2.79. The summed E-state index contributed by atoms with van der Waals surface area (Å²) in [6, 6.07) is 2.72. The van der Waals surface area contributed by atoms with Gasteiger partial charge in [-0.2, -0.15) is 0 Å². The predicted octanol–water partition coefficient (Wildman–Crippen LogP) is 3.29. The highest BCUT2D eigenvalue weighted by Gasteiger charge is 2.14. The molecular formula is C13H14FNO. The van der Waals surface area contributed by atoms with Gasteiger partial charge in [0.1, 0.15) is 11.5 Å². The Balaban J connectivity index is 2.17. The van der Waals surface area contributed by atoms with Crippen molar-refractivity contribution in [2.45, 2.75) is 32.1 Å². The summed E-state index contributed by atoms with van der Waals surface area (Å²) in [5.74, 6) is -0.465. The van der Waals surface area contributed by atoms with E-state index in [1.807, 2.05) is 6.08 Å². The van der Waals surface area contributed by atoms with Crippen molar-refractivity contribution >= 4 is 5.78 Å². The van der Waals surface area contributed by atoms with E-state index >= 15 is 0 Å². The Bertz CT molecular complexity index is 408. The van der Waals surface area contributed by atoms with Crippen LogP contribution in [0.15, 0.2) is 30.0 Å². The second kappa shape index (κ2) is 5.01. The Morgan fingerprint density at radius 1 is 1.25 bits per heavy atom. The molecule has 0 radical (unpaired) electrons. The monoisotopic (exact) mass is 219 g/mol. The van der Waals surface area contributed by atoms with Gasteiger partial charge in [-0.25, -0.2) is 9.37 Å². The van der Waals surface area contributed by atoms with Gasteiger partial charge in [-0.05, 0) is 43.4 Å². The number of aromatic nitrogens is 1. The molecule has 2 nitrogen and oxygen atoms in total. The van der Waals surface area contributed by atoms with E-state index in [1.165, 1.54) is 18.6 Å². The average molecular weight is 219 g/mol. The zero-order valence-electron chi connectivity index (χ0n) is 9.08. The number of allylic oxidation sites excluding steroid dienone is 2. The zero-order chi connectivity index (χ0) is 11.4. The molecule has 0 fully saturated rings. The van der Waals surface area contributed by atoms with E-state index in [1.54, 1.807) is 0 Å². The van der Waals surface area contributed by atoms with Crippen LogP contribution in [0.4, 0.5) is 4.39 Å². The van der Waals surface area contributed by atoms with Gasteiger partial charge in [-0.15, -0.1) is 0 Å². The first-order chi connectivity index (χ1) is 7.77. The fourth-order valence-corrected chi connectivity index (χ4v) is 1.90. The summed E-state index contributed by atoms with van der Waals surface area (Å²) in [6.45, 7) is 0. The summed E-state index contributed by atoms with van der Waals surface area (Å²) in [5, 5.41) is 0. The lowest BCUT2D eigenvalue weighted by Crippen LogP contribution is -2.05. The molecule has 84 valence electrons. The molecule has 0 saturated heterocycles. The van der Waals surface area contributed by atoms with Crippen LogP contribution in [0.25, 0.3) is 0 Å². The van der Waals surface area contributed by atoms with E-state index in [0.717, 1.165) is 37.5 Å². The van der Waals surface area contributed by atoms with Crippen LogP contribution >= 0.6 is 0 Å². The van der Waals surface area contributed by atoms with Gasteiger partial charge < -0.3 is 0 Å². The first-order valence-corrected chi connectivity index (χ1v) is 5.62. The molecule has 1 heterocycles. The lowest BCUT2D eigenvalue weighted by molar-refractivity contribution is 0.102. The minimum Gasteiger partial charge on any atom is -0.287 e. The van der Waals surface area contributed by atoms with Crippen molar-refractivity contribution in [1.82, 2.24) is 4.98 Å². The van der Waals surface area contributed by atoms with Crippen LogP contribution in [0.5, 0.6) is 0 Å². The van der Waals surface area contributed by atoms with Gasteiger partial charge in [0.2, 0.25) is 5.78 Å². The molecule has 1 aromatic heterocycles. The molecule has 3 heteroatoms. The van der Waals surface area contributed by atoms with Crippen LogP contribution in [0.2, 0.25) is 0 Å². The number of carbonyl (C=O) groups excluding carboxylic acids is 1. The topological polar surface area (TPSA) is 30.0 Å². The maximum absolute atomic E-state index is 12.7. The van der Waals surface area contributed by atoms with Gasteiger partial charge in [0.15, 0.2) is 0 Å². The Labute approximate surface area is 94.2 Å². The maximum Gasteiger partial charge on any atom is 0.207 e. The second-order valence-electron chi connectivity index (χ2n) is 4.02.